The van der Waals surface area contributed by atoms with Crippen molar-refractivity contribution in [3.05, 3.63) is 46.5 Å². The predicted molar refractivity (Wildman–Crippen MR) is 110 cm³/mol. The molecule has 2 rings (SSSR count). The van der Waals surface area contributed by atoms with Gasteiger partial charge in [0.2, 0.25) is 0 Å². The lowest BCUT2D eigenvalue weighted by molar-refractivity contribution is 0.105. The van der Waals surface area contributed by atoms with Crippen LogP contribution in [0.3, 0.4) is 0 Å². The van der Waals surface area contributed by atoms with Gasteiger partial charge in [0.1, 0.15) is 12.4 Å². The molecule has 2 heterocycles. The molecule has 0 aliphatic heterocycles. The van der Waals surface area contributed by atoms with Crippen LogP contribution in [0.25, 0.3) is 0 Å². The van der Waals surface area contributed by atoms with Gasteiger partial charge in [-0.05, 0) is 46.9 Å². The second kappa shape index (κ2) is 12.3. The first-order chi connectivity index (χ1) is 11.3. The topological polar surface area (TPSA) is 58.8 Å². The molecular weight excluding hydrogens is 437 g/mol. The van der Waals surface area contributed by atoms with Gasteiger partial charge in [0.05, 0.1) is 6.26 Å². The molecule has 0 fully saturated rings. The van der Waals surface area contributed by atoms with Gasteiger partial charge in [0.25, 0.3) is 0 Å². The van der Waals surface area contributed by atoms with Crippen molar-refractivity contribution >= 4 is 41.3 Å². The molecule has 0 radical (unpaired) electrons. The molecule has 2 aromatic heterocycles. The number of hydrogen-bond acceptors (Lipinski definition) is 4. The lowest BCUT2D eigenvalue weighted by atomic mass is 10.1. The highest BCUT2D eigenvalue weighted by Gasteiger charge is 2.06. The molecule has 1 unspecified atom stereocenters. The molecule has 7 heteroatoms. The molecule has 1 atom stereocenters. The Kier molecular flexibility index (Phi) is 10.8. The molecule has 2 N–H and O–H groups in total. The van der Waals surface area contributed by atoms with Crippen molar-refractivity contribution in [1.82, 2.24) is 10.6 Å². The Morgan fingerprint density at radius 3 is 2.92 bits per heavy atom. The van der Waals surface area contributed by atoms with Crippen LogP contribution in [-0.2, 0) is 11.3 Å². The summed E-state index contributed by atoms with van der Waals surface area (Å²) < 4.78 is 10.8. The highest BCUT2D eigenvalue weighted by molar-refractivity contribution is 14.0. The fraction of sp³-hybridized carbons (Fsp3) is 0.471. The van der Waals surface area contributed by atoms with Crippen molar-refractivity contribution in [2.45, 2.75) is 25.9 Å². The molecule has 0 aromatic carbocycles. The summed E-state index contributed by atoms with van der Waals surface area (Å²) in [6, 6.07) is 5.95. The van der Waals surface area contributed by atoms with Crippen molar-refractivity contribution in [1.29, 1.82) is 0 Å². The summed E-state index contributed by atoms with van der Waals surface area (Å²) in [6.45, 7) is 5.12. The number of nitrogens with one attached hydrogen (secondary N) is 2. The number of aliphatic imine (C=N–C) groups is 1. The third-order valence-corrected chi connectivity index (χ3v) is 4.20. The summed E-state index contributed by atoms with van der Waals surface area (Å²) in [5.41, 5.74) is 1.37. The Morgan fingerprint density at radius 1 is 1.38 bits per heavy atom. The molecule has 134 valence electrons. The van der Waals surface area contributed by atoms with Crippen molar-refractivity contribution in [3.63, 3.8) is 0 Å². The summed E-state index contributed by atoms with van der Waals surface area (Å²) in [6.07, 6.45) is 2.58. The van der Waals surface area contributed by atoms with Gasteiger partial charge in [-0.3, -0.25) is 4.99 Å². The monoisotopic (exact) mass is 463 g/mol. The predicted octanol–water partition coefficient (Wildman–Crippen LogP) is 3.83. The van der Waals surface area contributed by atoms with Gasteiger partial charge in [-0.15, -0.1) is 24.0 Å². The quantitative estimate of drug-likeness (QED) is 0.257. The number of thiophene rings is 1. The van der Waals surface area contributed by atoms with Crippen LogP contribution in [0.15, 0.2) is 44.6 Å². The number of nitrogens with zero attached hydrogens (tertiary/aromatic N) is 1. The van der Waals surface area contributed by atoms with Crippen LogP contribution in [0.2, 0.25) is 0 Å². The van der Waals surface area contributed by atoms with Crippen LogP contribution >= 0.6 is 35.3 Å². The number of furan rings is 1. The van der Waals surface area contributed by atoms with E-state index < -0.39 is 0 Å². The van der Waals surface area contributed by atoms with Gasteiger partial charge in [0, 0.05) is 26.7 Å². The molecule has 0 spiro atoms. The fourth-order valence-corrected chi connectivity index (χ4v) is 2.87. The zero-order valence-electron chi connectivity index (χ0n) is 14.2. The summed E-state index contributed by atoms with van der Waals surface area (Å²) >= 11 is 1.73. The molecule has 0 amide bonds. The summed E-state index contributed by atoms with van der Waals surface area (Å²) in [5, 5.41) is 11.0. The lowest BCUT2D eigenvalue weighted by Gasteiger charge is -2.15. The minimum Gasteiger partial charge on any atom is -0.467 e. The summed E-state index contributed by atoms with van der Waals surface area (Å²) in [5.74, 6) is 2.16. The lowest BCUT2D eigenvalue weighted by Crippen LogP contribution is -2.39. The maximum absolute atomic E-state index is 5.55. The van der Waals surface area contributed by atoms with E-state index in [1.165, 1.54) is 5.56 Å². The number of rotatable bonds is 9. The Hall–Kier alpha value is -1.06. The van der Waals surface area contributed by atoms with E-state index in [0.717, 1.165) is 31.2 Å². The van der Waals surface area contributed by atoms with E-state index >= 15 is 0 Å². The van der Waals surface area contributed by atoms with Crippen LogP contribution in [0.4, 0.5) is 0 Å². The Balaban J connectivity index is 0.00000288. The van der Waals surface area contributed by atoms with E-state index in [2.05, 4.69) is 39.4 Å². The van der Waals surface area contributed by atoms with Crippen LogP contribution in [0.1, 0.15) is 30.6 Å². The highest BCUT2D eigenvalue weighted by atomic mass is 127. The smallest absolute Gasteiger partial charge is 0.190 e. The van der Waals surface area contributed by atoms with E-state index in [0.29, 0.717) is 19.1 Å². The first-order valence-corrected chi connectivity index (χ1v) is 8.80. The fourth-order valence-electron chi connectivity index (χ4n) is 2.09. The second-order valence-electron chi connectivity index (χ2n) is 5.32. The van der Waals surface area contributed by atoms with Crippen molar-refractivity contribution in [3.8, 4) is 0 Å². The van der Waals surface area contributed by atoms with Crippen LogP contribution in [0.5, 0.6) is 0 Å². The van der Waals surface area contributed by atoms with Crippen molar-refractivity contribution in [2.75, 3.05) is 26.7 Å². The minimum absolute atomic E-state index is 0. The average molecular weight is 463 g/mol. The standard InChI is InChI=1S/C17H25N3O2S.HI/c1-14(15-6-10-23-13-15)11-20-17(18-2)19-7-4-8-21-12-16-5-3-9-22-16;/h3,5-6,9-10,13-14H,4,7-8,11-12H2,1-2H3,(H2,18,19,20);1H. The first kappa shape index (κ1) is 21.0. The average Bonchev–Trinajstić information content (AvgIpc) is 3.26. The van der Waals surface area contributed by atoms with Gasteiger partial charge < -0.3 is 19.8 Å². The largest absolute Gasteiger partial charge is 0.467 e. The molecule has 0 saturated heterocycles. The molecule has 0 aliphatic rings. The number of halogens is 1. The molecule has 0 saturated carbocycles. The summed E-state index contributed by atoms with van der Waals surface area (Å²) in [7, 11) is 1.79. The Morgan fingerprint density at radius 2 is 2.25 bits per heavy atom. The zero-order chi connectivity index (χ0) is 16.3. The normalized spacial score (nSPS) is 12.5. The highest BCUT2D eigenvalue weighted by Crippen LogP contribution is 2.16. The van der Waals surface area contributed by atoms with E-state index in [-0.39, 0.29) is 24.0 Å². The molecule has 2 aromatic rings. The number of hydrogen-bond donors (Lipinski definition) is 2. The van der Waals surface area contributed by atoms with Crippen LogP contribution in [-0.4, -0.2) is 32.7 Å². The van der Waals surface area contributed by atoms with E-state index in [4.69, 9.17) is 9.15 Å². The first-order valence-electron chi connectivity index (χ1n) is 7.86. The maximum Gasteiger partial charge on any atom is 0.190 e. The van der Waals surface area contributed by atoms with Gasteiger partial charge in [0.15, 0.2) is 5.96 Å². The molecule has 0 aliphatic carbocycles. The summed E-state index contributed by atoms with van der Waals surface area (Å²) in [4.78, 5) is 4.24. The maximum atomic E-state index is 5.55. The second-order valence-corrected chi connectivity index (χ2v) is 6.10. The van der Waals surface area contributed by atoms with Gasteiger partial charge in [-0.2, -0.15) is 11.3 Å². The SMILES string of the molecule is CN=C(NCCCOCc1ccco1)NCC(C)c1ccsc1.I. The molecular formula is C17H26IN3O2S. The third-order valence-electron chi connectivity index (χ3n) is 3.49. The van der Waals surface area contributed by atoms with Gasteiger partial charge >= 0.3 is 0 Å². The zero-order valence-corrected chi connectivity index (χ0v) is 17.3. The van der Waals surface area contributed by atoms with Crippen molar-refractivity contribution in [2.24, 2.45) is 4.99 Å². The van der Waals surface area contributed by atoms with Gasteiger partial charge in [-0.25, -0.2) is 0 Å². The molecule has 0 bridgehead atoms. The van der Waals surface area contributed by atoms with Crippen LogP contribution in [0, 0.1) is 0 Å². The minimum atomic E-state index is 0. The van der Waals surface area contributed by atoms with E-state index in [9.17, 15) is 0 Å². The Labute approximate surface area is 164 Å². The molecule has 24 heavy (non-hydrogen) atoms. The number of guanidine groups is 1. The van der Waals surface area contributed by atoms with Crippen molar-refractivity contribution < 1.29 is 9.15 Å². The molecule has 5 nitrogen and oxygen atoms in total. The van der Waals surface area contributed by atoms with Gasteiger partial charge in [-0.1, -0.05) is 6.92 Å². The van der Waals surface area contributed by atoms with Crippen LogP contribution < -0.4 is 10.6 Å². The third kappa shape index (κ3) is 7.67. The van der Waals surface area contributed by atoms with E-state index in [1.54, 1.807) is 24.6 Å². The van der Waals surface area contributed by atoms with E-state index in [1.807, 2.05) is 12.1 Å². The Bertz CT molecular complexity index is 558. The number of ether oxygens (including phenoxy) is 1.